The Morgan fingerprint density at radius 2 is 1.38 bits per heavy atom. The summed E-state index contributed by atoms with van der Waals surface area (Å²) >= 11 is 1.36. The molecule has 2 aliphatic heterocycles. The molecule has 0 radical (unpaired) electrons. The molecule has 0 N–H and O–H groups in total. The fourth-order valence-electron chi connectivity index (χ4n) is 4.73. The fraction of sp³-hybridized carbons (Fsp3) is 0.231. The van der Waals surface area contributed by atoms with E-state index in [0.29, 0.717) is 22.9 Å². The van der Waals surface area contributed by atoms with Gasteiger partial charge in [-0.3, -0.25) is 0 Å². The van der Waals surface area contributed by atoms with E-state index < -0.39 is 28.1 Å². The summed E-state index contributed by atoms with van der Waals surface area (Å²) in [6, 6.07) is 21.5. The molecule has 2 atom stereocenters. The van der Waals surface area contributed by atoms with Gasteiger partial charge in [-0.1, -0.05) is 36.4 Å². The van der Waals surface area contributed by atoms with Crippen molar-refractivity contribution >= 4 is 29.4 Å². The third-order valence-electron chi connectivity index (χ3n) is 6.21. The van der Waals surface area contributed by atoms with Gasteiger partial charge < -0.3 is 23.8 Å². The molecule has 7 nitrogen and oxygen atoms in total. The molecule has 8 heteroatoms. The molecule has 2 aliphatic rings. The van der Waals surface area contributed by atoms with Crippen LogP contribution in [0.5, 0.6) is 17.2 Å². The lowest BCUT2D eigenvalue weighted by molar-refractivity contribution is -0.143. The van der Waals surface area contributed by atoms with Crippen molar-refractivity contribution in [3.63, 3.8) is 0 Å². The summed E-state index contributed by atoms with van der Waals surface area (Å²) in [5, 5.41) is -0.818. The molecular formula is C26H23NO6S. The van der Waals surface area contributed by atoms with Gasteiger partial charge in [-0.25, -0.2) is 9.59 Å². The molecule has 1 saturated heterocycles. The smallest absolute Gasteiger partial charge is 0.339 e. The number of esters is 2. The average molecular weight is 478 g/mol. The van der Waals surface area contributed by atoms with Crippen LogP contribution in [0.1, 0.15) is 11.1 Å². The van der Waals surface area contributed by atoms with E-state index in [9.17, 15) is 9.59 Å². The van der Waals surface area contributed by atoms with Crippen LogP contribution in [0.2, 0.25) is 0 Å². The Labute approximate surface area is 201 Å². The number of ether oxygens (including phenoxy) is 4. The molecule has 0 saturated carbocycles. The second-order valence-electron chi connectivity index (χ2n) is 7.85. The van der Waals surface area contributed by atoms with Crippen LogP contribution in [0.15, 0.2) is 72.8 Å². The zero-order valence-electron chi connectivity index (χ0n) is 18.9. The van der Waals surface area contributed by atoms with Crippen molar-refractivity contribution in [3.8, 4) is 17.2 Å². The summed E-state index contributed by atoms with van der Waals surface area (Å²) in [5.74, 6) is 0.983. The molecule has 34 heavy (non-hydrogen) atoms. The predicted octanol–water partition coefficient (Wildman–Crippen LogP) is 4.34. The number of methoxy groups -OCH3 is 3. The molecule has 0 bridgehead atoms. The summed E-state index contributed by atoms with van der Waals surface area (Å²) in [4.78, 5) is 28.5. The van der Waals surface area contributed by atoms with Crippen molar-refractivity contribution in [2.75, 3.05) is 26.2 Å². The van der Waals surface area contributed by atoms with Crippen LogP contribution in [0.4, 0.5) is 5.69 Å². The summed E-state index contributed by atoms with van der Waals surface area (Å²) in [6.07, 6.45) is 0. The third-order valence-corrected chi connectivity index (χ3v) is 7.88. The van der Waals surface area contributed by atoms with Crippen LogP contribution in [0, 0.1) is 0 Å². The maximum atomic E-state index is 13.6. The highest BCUT2D eigenvalue weighted by Gasteiger charge is 2.63. The van der Waals surface area contributed by atoms with E-state index in [2.05, 4.69) is 0 Å². The molecule has 1 spiro atoms. The summed E-state index contributed by atoms with van der Waals surface area (Å²) in [5.41, 5.74) is 2.25. The molecule has 0 unspecified atom stereocenters. The molecule has 2 heterocycles. The van der Waals surface area contributed by atoms with Gasteiger partial charge in [-0.2, -0.15) is 0 Å². The molecule has 0 amide bonds. The second kappa shape index (κ2) is 8.61. The minimum atomic E-state index is -0.989. The topological polar surface area (TPSA) is 74.3 Å². The van der Waals surface area contributed by atoms with E-state index in [1.165, 1.54) is 26.0 Å². The number of para-hydroxylation sites is 2. The first-order valence-corrected chi connectivity index (χ1v) is 11.6. The number of rotatable bonds is 4. The molecule has 0 aliphatic carbocycles. The minimum absolute atomic E-state index is 0.465. The summed E-state index contributed by atoms with van der Waals surface area (Å²) < 4.78 is 21.0. The average Bonchev–Trinajstić information content (AvgIpc) is 3.24. The van der Waals surface area contributed by atoms with Gasteiger partial charge in [0.15, 0.2) is 11.4 Å². The Kier molecular flexibility index (Phi) is 5.61. The van der Waals surface area contributed by atoms with Gasteiger partial charge in [-0.15, -0.1) is 11.8 Å². The van der Waals surface area contributed by atoms with Crippen molar-refractivity contribution in [2.45, 2.75) is 16.2 Å². The van der Waals surface area contributed by atoms with Crippen LogP contribution in [0.3, 0.4) is 0 Å². The van der Waals surface area contributed by atoms with Gasteiger partial charge in [0.05, 0.1) is 21.3 Å². The van der Waals surface area contributed by atoms with E-state index >= 15 is 0 Å². The summed E-state index contributed by atoms with van der Waals surface area (Å²) in [7, 11) is 4.29. The van der Waals surface area contributed by atoms with Gasteiger partial charge in [0.25, 0.3) is 0 Å². The minimum Gasteiger partial charge on any atom is -0.497 e. The highest BCUT2D eigenvalue weighted by Crippen LogP contribution is 2.63. The zero-order chi connectivity index (χ0) is 23.9. The highest BCUT2D eigenvalue weighted by atomic mass is 32.2. The van der Waals surface area contributed by atoms with Crippen molar-refractivity contribution in [2.24, 2.45) is 0 Å². The lowest BCUT2D eigenvalue weighted by Crippen LogP contribution is -2.52. The first kappa shape index (κ1) is 22.2. The van der Waals surface area contributed by atoms with E-state index in [1.54, 1.807) is 24.1 Å². The summed E-state index contributed by atoms with van der Waals surface area (Å²) in [6.45, 7) is 0. The van der Waals surface area contributed by atoms with Gasteiger partial charge in [0, 0.05) is 16.8 Å². The Bertz CT molecular complexity index is 1200. The quantitative estimate of drug-likeness (QED) is 0.514. The van der Waals surface area contributed by atoms with E-state index in [1.807, 2.05) is 60.7 Å². The lowest BCUT2D eigenvalue weighted by Gasteiger charge is -2.40. The molecule has 3 aromatic carbocycles. The first-order chi connectivity index (χ1) is 16.5. The monoisotopic (exact) mass is 477 g/mol. The van der Waals surface area contributed by atoms with Crippen LogP contribution < -0.4 is 14.4 Å². The fourth-order valence-corrected chi connectivity index (χ4v) is 6.56. The normalized spacial score (nSPS) is 19.6. The molecular weight excluding hydrogens is 454 g/mol. The Morgan fingerprint density at radius 3 is 1.91 bits per heavy atom. The number of nitrogens with zero attached hydrogens (tertiary/aromatic N) is 1. The van der Waals surface area contributed by atoms with E-state index in [0.717, 1.165) is 11.1 Å². The number of benzene rings is 3. The van der Waals surface area contributed by atoms with Crippen molar-refractivity contribution in [1.82, 2.24) is 0 Å². The SMILES string of the molecule is COC(=O)[C@@H]1SC2(c3ccccc3Oc3ccccc32)[C@@H](C(=O)OC)N1c1ccc(OC)cc1. The van der Waals surface area contributed by atoms with Crippen molar-refractivity contribution in [1.29, 1.82) is 0 Å². The van der Waals surface area contributed by atoms with Gasteiger partial charge in [0.2, 0.25) is 0 Å². The Hall–Kier alpha value is -3.65. The molecule has 3 aromatic rings. The Morgan fingerprint density at radius 1 is 0.824 bits per heavy atom. The van der Waals surface area contributed by atoms with Crippen LogP contribution >= 0.6 is 11.8 Å². The van der Waals surface area contributed by atoms with Gasteiger partial charge in [0.1, 0.15) is 22.0 Å². The largest absolute Gasteiger partial charge is 0.497 e. The van der Waals surface area contributed by atoms with E-state index in [-0.39, 0.29) is 0 Å². The third kappa shape index (κ3) is 3.20. The number of hydrogen-bond donors (Lipinski definition) is 0. The van der Waals surface area contributed by atoms with Crippen LogP contribution in [0.25, 0.3) is 0 Å². The number of fused-ring (bicyclic) bond motifs is 4. The first-order valence-electron chi connectivity index (χ1n) is 10.7. The molecule has 0 aromatic heterocycles. The number of anilines is 1. The lowest BCUT2D eigenvalue weighted by atomic mass is 9.80. The molecule has 5 rings (SSSR count). The number of hydrogen-bond acceptors (Lipinski definition) is 8. The van der Waals surface area contributed by atoms with Gasteiger partial charge in [-0.05, 0) is 36.4 Å². The molecule has 1 fully saturated rings. The standard InChI is InChI=1S/C26H23NO6S/c1-30-17-14-12-16(13-15-17)27-22(24(28)31-2)26(34-23(27)25(29)32-3)18-8-4-6-10-20(18)33-21-11-7-5-9-19(21)26/h4-15,22-23H,1-3H3/t22-,23+/m1/s1. The van der Waals surface area contributed by atoms with E-state index in [4.69, 9.17) is 18.9 Å². The maximum Gasteiger partial charge on any atom is 0.339 e. The second-order valence-corrected chi connectivity index (χ2v) is 9.18. The van der Waals surface area contributed by atoms with Crippen LogP contribution in [-0.2, 0) is 23.8 Å². The van der Waals surface area contributed by atoms with Gasteiger partial charge >= 0.3 is 11.9 Å². The highest BCUT2D eigenvalue weighted by molar-refractivity contribution is 8.02. The Balaban J connectivity index is 1.81. The molecule has 174 valence electrons. The zero-order valence-corrected chi connectivity index (χ0v) is 19.7. The number of thioether (sulfide) groups is 1. The van der Waals surface area contributed by atoms with Crippen LogP contribution in [-0.4, -0.2) is 44.7 Å². The number of carbonyl (C=O) groups excluding carboxylic acids is 2. The van der Waals surface area contributed by atoms with Crippen molar-refractivity contribution in [3.05, 3.63) is 83.9 Å². The predicted molar refractivity (Wildman–Crippen MR) is 128 cm³/mol. The van der Waals surface area contributed by atoms with Crippen molar-refractivity contribution < 1.29 is 28.5 Å². The number of carbonyl (C=O) groups is 2. The maximum absolute atomic E-state index is 13.6.